The van der Waals surface area contributed by atoms with E-state index in [-0.39, 0.29) is 23.4 Å². The van der Waals surface area contributed by atoms with Crippen LogP contribution in [0.15, 0.2) is 65.3 Å². The van der Waals surface area contributed by atoms with E-state index in [2.05, 4.69) is 20.2 Å². The number of halogens is 3. The molecule has 2 heterocycles. The Labute approximate surface area is 200 Å². The van der Waals surface area contributed by atoms with Gasteiger partial charge in [0.2, 0.25) is 0 Å². The summed E-state index contributed by atoms with van der Waals surface area (Å²) < 4.78 is 67.2. The lowest BCUT2D eigenvalue weighted by atomic mass is 9.88. The van der Waals surface area contributed by atoms with Gasteiger partial charge in [-0.2, -0.15) is 8.78 Å². The molecule has 0 bridgehead atoms. The van der Waals surface area contributed by atoms with Crippen LogP contribution in [-0.2, 0) is 28.4 Å². The van der Waals surface area contributed by atoms with Crippen molar-refractivity contribution >= 4 is 9.84 Å². The molecular weight excluding hydrogens is 481 g/mol. The zero-order valence-corrected chi connectivity index (χ0v) is 19.4. The van der Waals surface area contributed by atoms with Gasteiger partial charge in [0.25, 0.3) is 11.8 Å². The topological polar surface area (TPSA) is 98.8 Å². The molecule has 35 heavy (non-hydrogen) atoms. The molecule has 0 N–H and O–H groups in total. The van der Waals surface area contributed by atoms with E-state index < -0.39 is 22.2 Å². The summed E-state index contributed by atoms with van der Waals surface area (Å²) in [5.41, 5.74) is 2.78. The summed E-state index contributed by atoms with van der Waals surface area (Å²) in [5.74, 6) is -0.961. The average molecular weight is 503 g/mol. The van der Waals surface area contributed by atoms with Crippen molar-refractivity contribution in [1.82, 2.24) is 20.2 Å². The van der Waals surface area contributed by atoms with E-state index in [1.807, 2.05) is 12.1 Å². The molecule has 11 heteroatoms. The number of rotatable bonds is 9. The SMILES string of the molecule is CS(=O)(=O)Cc1cccc(CC(Cc2ncc(-c3nnc(C(F)F)o3)cn2)c2ccc(F)cc2)c1. The highest BCUT2D eigenvalue weighted by Crippen LogP contribution is 2.27. The van der Waals surface area contributed by atoms with E-state index in [9.17, 15) is 21.6 Å². The number of sulfone groups is 1. The predicted molar refractivity (Wildman–Crippen MR) is 122 cm³/mol. The van der Waals surface area contributed by atoms with Gasteiger partial charge < -0.3 is 4.42 Å². The third kappa shape index (κ3) is 6.72. The quantitative estimate of drug-likeness (QED) is 0.327. The summed E-state index contributed by atoms with van der Waals surface area (Å²) >= 11 is 0. The smallest absolute Gasteiger partial charge is 0.314 e. The lowest BCUT2D eigenvalue weighted by molar-refractivity contribution is 0.116. The van der Waals surface area contributed by atoms with Crippen LogP contribution in [0.5, 0.6) is 0 Å². The predicted octanol–water partition coefficient (Wildman–Crippen LogP) is 4.72. The second kappa shape index (κ2) is 10.3. The second-order valence-electron chi connectivity index (χ2n) is 8.18. The van der Waals surface area contributed by atoms with Crippen molar-refractivity contribution in [1.29, 1.82) is 0 Å². The van der Waals surface area contributed by atoms with Crippen molar-refractivity contribution in [2.24, 2.45) is 0 Å². The molecule has 0 saturated heterocycles. The summed E-state index contributed by atoms with van der Waals surface area (Å²) in [5, 5.41) is 6.88. The highest BCUT2D eigenvalue weighted by molar-refractivity contribution is 7.89. The van der Waals surface area contributed by atoms with E-state index in [1.165, 1.54) is 30.8 Å². The molecule has 4 aromatic rings. The molecule has 7 nitrogen and oxygen atoms in total. The molecule has 1 atom stereocenters. The van der Waals surface area contributed by atoms with Crippen LogP contribution in [0.4, 0.5) is 13.2 Å². The van der Waals surface area contributed by atoms with Crippen LogP contribution in [0.3, 0.4) is 0 Å². The Morgan fingerprint density at radius 1 is 0.943 bits per heavy atom. The van der Waals surface area contributed by atoms with Crippen LogP contribution in [0.25, 0.3) is 11.5 Å². The molecule has 0 spiro atoms. The maximum Gasteiger partial charge on any atom is 0.314 e. The van der Waals surface area contributed by atoms with Gasteiger partial charge in [-0.1, -0.05) is 36.4 Å². The first-order valence-electron chi connectivity index (χ1n) is 10.6. The van der Waals surface area contributed by atoms with Crippen LogP contribution >= 0.6 is 0 Å². The maximum atomic E-state index is 13.5. The fourth-order valence-electron chi connectivity index (χ4n) is 3.71. The summed E-state index contributed by atoms with van der Waals surface area (Å²) in [6.07, 6.45) is 2.08. The zero-order valence-electron chi connectivity index (χ0n) is 18.6. The van der Waals surface area contributed by atoms with Gasteiger partial charge >= 0.3 is 6.43 Å². The van der Waals surface area contributed by atoms with Gasteiger partial charge in [0, 0.05) is 25.1 Å². The zero-order chi connectivity index (χ0) is 25.0. The number of aromatic nitrogens is 4. The van der Waals surface area contributed by atoms with Crippen LogP contribution in [0.2, 0.25) is 0 Å². The fraction of sp³-hybridized carbons (Fsp3) is 0.250. The maximum absolute atomic E-state index is 13.5. The Hall–Kier alpha value is -3.60. The molecule has 1 unspecified atom stereocenters. The van der Waals surface area contributed by atoms with Crippen LogP contribution in [0.1, 0.15) is 40.7 Å². The summed E-state index contributed by atoms with van der Waals surface area (Å²) in [7, 11) is -3.18. The second-order valence-corrected chi connectivity index (χ2v) is 10.3. The molecule has 2 aromatic carbocycles. The summed E-state index contributed by atoms with van der Waals surface area (Å²) in [6, 6.07) is 13.5. The first-order chi connectivity index (χ1) is 16.7. The summed E-state index contributed by atoms with van der Waals surface area (Å²) in [6.45, 7) is 0. The Morgan fingerprint density at radius 2 is 1.63 bits per heavy atom. The molecule has 2 aromatic heterocycles. The van der Waals surface area contributed by atoms with Crippen LogP contribution in [-0.4, -0.2) is 34.8 Å². The van der Waals surface area contributed by atoms with Crippen molar-refractivity contribution in [3.8, 4) is 11.5 Å². The van der Waals surface area contributed by atoms with Crippen molar-refractivity contribution < 1.29 is 26.0 Å². The molecule has 0 aliphatic rings. The Morgan fingerprint density at radius 3 is 2.26 bits per heavy atom. The van der Waals surface area contributed by atoms with E-state index >= 15 is 0 Å². The largest absolute Gasteiger partial charge is 0.415 e. The third-order valence-corrected chi connectivity index (χ3v) is 6.11. The lowest BCUT2D eigenvalue weighted by Gasteiger charge is -2.18. The van der Waals surface area contributed by atoms with Gasteiger partial charge in [0.05, 0.1) is 11.3 Å². The van der Waals surface area contributed by atoms with Gasteiger partial charge in [-0.25, -0.2) is 22.8 Å². The fourth-order valence-corrected chi connectivity index (χ4v) is 4.49. The Balaban J connectivity index is 1.57. The van der Waals surface area contributed by atoms with E-state index in [4.69, 9.17) is 4.42 Å². The normalized spacial score (nSPS) is 12.7. The average Bonchev–Trinajstić information content (AvgIpc) is 3.30. The third-order valence-electron chi connectivity index (χ3n) is 5.25. The Kier molecular flexibility index (Phi) is 7.25. The summed E-state index contributed by atoms with van der Waals surface area (Å²) in [4.78, 5) is 8.64. The molecule has 0 fully saturated rings. The minimum Gasteiger partial charge on any atom is -0.415 e. The molecular formula is C24H21F3N4O3S. The van der Waals surface area contributed by atoms with E-state index in [0.29, 0.717) is 29.8 Å². The number of hydrogen-bond donors (Lipinski definition) is 0. The molecule has 0 radical (unpaired) electrons. The minimum atomic E-state index is -3.18. The van der Waals surface area contributed by atoms with Crippen LogP contribution in [0, 0.1) is 5.82 Å². The van der Waals surface area contributed by atoms with Crippen molar-refractivity contribution in [3.05, 3.63) is 95.1 Å². The molecule has 0 amide bonds. The number of hydrogen-bond acceptors (Lipinski definition) is 7. The molecule has 4 rings (SSSR count). The standard InChI is InChI=1S/C24H21F3N4O3S/c1-35(32,33)14-16-4-2-3-15(9-16)10-18(17-5-7-20(25)8-6-17)11-21-28-12-19(13-29-21)23-30-31-24(34-23)22(26)27/h2-9,12-13,18,22H,10-11,14H2,1H3. The minimum absolute atomic E-state index is 0.0599. The first kappa shape index (κ1) is 24.5. The van der Waals surface area contributed by atoms with Gasteiger partial charge in [-0.3, -0.25) is 0 Å². The van der Waals surface area contributed by atoms with Gasteiger partial charge in [0.1, 0.15) is 11.6 Å². The highest BCUT2D eigenvalue weighted by Gasteiger charge is 2.19. The molecule has 0 aliphatic heterocycles. The van der Waals surface area contributed by atoms with Gasteiger partial charge in [-0.15, -0.1) is 10.2 Å². The van der Waals surface area contributed by atoms with Crippen molar-refractivity contribution in [3.63, 3.8) is 0 Å². The first-order valence-corrected chi connectivity index (χ1v) is 12.7. The van der Waals surface area contributed by atoms with Gasteiger partial charge in [-0.05, 0) is 41.2 Å². The number of benzene rings is 2. The number of nitrogens with zero attached hydrogens (tertiary/aromatic N) is 4. The lowest BCUT2D eigenvalue weighted by Crippen LogP contribution is -2.10. The monoisotopic (exact) mass is 502 g/mol. The molecule has 0 aliphatic carbocycles. The van der Waals surface area contributed by atoms with Crippen molar-refractivity contribution in [2.45, 2.75) is 30.9 Å². The molecule has 0 saturated carbocycles. The van der Waals surface area contributed by atoms with Gasteiger partial charge in [0.15, 0.2) is 9.84 Å². The molecule has 182 valence electrons. The van der Waals surface area contributed by atoms with Crippen molar-refractivity contribution in [2.75, 3.05) is 6.26 Å². The number of alkyl halides is 2. The highest BCUT2D eigenvalue weighted by atomic mass is 32.2. The van der Waals surface area contributed by atoms with E-state index in [1.54, 1.807) is 24.3 Å². The Bertz CT molecular complexity index is 1390. The van der Waals surface area contributed by atoms with E-state index in [0.717, 1.165) is 11.1 Å². The van der Waals surface area contributed by atoms with Crippen LogP contribution < -0.4 is 0 Å².